The van der Waals surface area contributed by atoms with Crippen molar-refractivity contribution in [3.63, 3.8) is 0 Å². The molecule has 0 aromatic heterocycles. The van der Waals surface area contributed by atoms with E-state index in [1.165, 1.54) is 32.2 Å². The van der Waals surface area contributed by atoms with E-state index in [2.05, 4.69) is 0 Å². The average Bonchev–Trinajstić information content (AvgIpc) is 2.84. The lowest BCUT2D eigenvalue weighted by atomic mass is 10.1. The van der Waals surface area contributed by atoms with Gasteiger partial charge in [-0.25, -0.2) is 4.79 Å². The average molecular weight is 386 g/mol. The summed E-state index contributed by atoms with van der Waals surface area (Å²) < 4.78 is 9.85. The molecule has 0 aliphatic carbocycles. The standard InChI is InChI=1S/C16H16ClNO6S/c1-4-24-15(21)8(2)18-14(20)12(25-16(18)22)6-9-5-10(17)7-11(23-3)13(9)19/h5-8,19H,4H2,1-3H3/b12-6+/t8-/m1/s1. The molecule has 2 amide bonds. The first-order valence-electron chi connectivity index (χ1n) is 7.30. The number of phenolic OH excluding ortho intramolecular Hbond substituents is 1. The van der Waals surface area contributed by atoms with Gasteiger partial charge in [0.25, 0.3) is 11.1 Å². The van der Waals surface area contributed by atoms with Crippen LogP contribution in [0.5, 0.6) is 11.5 Å². The molecule has 1 aliphatic heterocycles. The van der Waals surface area contributed by atoms with E-state index in [0.29, 0.717) is 16.8 Å². The molecule has 1 aromatic carbocycles. The number of methoxy groups -OCH3 is 1. The van der Waals surface area contributed by atoms with Gasteiger partial charge in [0, 0.05) is 16.7 Å². The zero-order valence-corrected chi connectivity index (χ0v) is 15.3. The summed E-state index contributed by atoms with van der Waals surface area (Å²) in [6.45, 7) is 3.19. The molecule has 2 rings (SSSR count). The number of amides is 2. The van der Waals surface area contributed by atoms with Gasteiger partial charge in [-0.2, -0.15) is 0 Å². The molecule has 1 aromatic rings. The van der Waals surface area contributed by atoms with Gasteiger partial charge in [0.1, 0.15) is 6.04 Å². The third-order valence-electron chi connectivity index (χ3n) is 3.41. The Bertz CT molecular complexity index is 763. The van der Waals surface area contributed by atoms with E-state index in [-0.39, 0.29) is 28.6 Å². The first-order chi connectivity index (χ1) is 11.8. The van der Waals surface area contributed by atoms with Gasteiger partial charge < -0.3 is 14.6 Å². The quantitative estimate of drug-likeness (QED) is 0.615. The van der Waals surface area contributed by atoms with Gasteiger partial charge in [-0.1, -0.05) is 11.6 Å². The predicted octanol–water partition coefficient (Wildman–Crippen LogP) is 3.04. The van der Waals surface area contributed by atoms with Crippen LogP contribution >= 0.6 is 23.4 Å². The highest BCUT2D eigenvalue weighted by Crippen LogP contribution is 2.39. The number of rotatable bonds is 5. The number of halogens is 1. The minimum atomic E-state index is -1.04. The van der Waals surface area contributed by atoms with Crippen LogP contribution in [0, 0.1) is 0 Å². The molecule has 1 N–H and O–H groups in total. The third-order valence-corrected chi connectivity index (χ3v) is 4.52. The number of phenols is 1. The minimum absolute atomic E-state index is 0.0563. The van der Waals surface area contributed by atoms with Crippen LogP contribution in [0.2, 0.25) is 5.02 Å². The zero-order chi connectivity index (χ0) is 18.7. The van der Waals surface area contributed by atoms with Crippen LogP contribution in [0.1, 0.15) is 19.4 Å². The Morgan fingerprint density at radius 3 is 2.72 bits per heavy atom. The van der Waals surface area contributed by atoms with E-state index in [4.69, 9.17) is 21.1 Å². The van der Waals surface area contributed by atoms with Gasteiger partial charge in [0.15, 0.2) is 11.5 Å². The maximum atomic E-state index is 12.5. The van der Waals surface area contributed by atoms with Crippen LogP contribution < -0.4 is 4.74 Å². The number of nitrogens with zero attached hydrogens (tertiary/aromatic N) is 1. The van der Waals surface area contributed by atoms with Crippen LogP contribution in [0.3, 0.4) is 0 Å². The first kappa shape index (κ1) is 19.1. The highest BCUT2D eigenvalue weighted by atomic mass is 35.5. The van der Waals surface area contributed by atoms with Crippen molar-refractivity contribution in [1.82, 2.24) is 4.90 Å². The summed E-state index contributed by atoms with van der Waals surface area (Å²) in [6, 6.07) is 1.81. The fraction of sp³-hybridized carbons (Fsp3) is 0.312. The number of imide groups is 1. The Labute approximate surface area is 153 Å². The Balaban J connectivity index is 2.35. The van der Waals surface area contributed by atoms with E-state index in [0.717, 1.165) is 4.90 Å². The molecular formula is C16H16ClNO6S. The molecule has 1 fully saturated rings. The van der Waals surface area contributed by atoms with Gasteiger partial charge in [-0.15, -0.1) is 0 Å². The fourth-order valence-corrected chi connectivity index (χ4v) is 3.30. The Hall–Kier alpha value is -2.19. The number of thioether (sulfide) groups is 1. The number of hydrogen-bond acceptors (Lipinski definition) is 7. The molecule has 0 spiro atoms. The number of esters is 1. The largest absolute Gasteiger partial charge is 0.504 e. The molecule has 9 heteroatoms. The molecular weight excluding hydrogens is 370 g/mol. The number of aromatic hydroxyl groups is 1. The monoisotopic (exact) mass is 385 g/mol. The molecule has 0 bridgehead atoms. The molecule has 134 valence electrons. The second kappa shape index (κ2) is 7.79. The summed E-state index contributed by atoms with van der Waals surface area (Å²) in [7, 11) is 1.37. The van der Waals surface area contributed by atoms with Crippen molar-refractivity contribution >= 4 is 46.6 Å². The van der Waals surface area contributed by atoms with Crippen molar-refractivity contribution in [2.75, 3.05) is 13.7 Å². The molecule has 25 heavy (non-hydrogen) atoms. The highest BCUT2D eigenvalue weighted by Gasteiger charge is 2.41. The number of benzene rings is 1. The lowest BCUT2D eigenvalue weighted by Gasteiger charge is -2.19. The van der Waals surface area contributed by atoms with Gasteiger partial charge in [-0.05, 0) is 37.8 Å². The van der Waals surface area contributed by atoms with Crippen LogP contribution in [0.25, 0.3) is 6.08 Å². The summed E-state index contributed by atoms with van der Waals surface area (Å²) in [5.41, 5.74) is 0.221. The van der Waals surface area contributed by atoms with Crippen LogP contribution in [0.15, 0.2) is 17.0 Å². The van der Waals surface area contributed by atoms with Crippen molar-refractivity contribution in [1.29, 1.82) is 0 Å². The van der Waals surface area contributed by atoms with Crippen molar-refractivity contribution in [2.24, 2.45) is 0 Å². The van der Waals surface area contributed by atoms with Crippen molar-refractivity contribution < 1.29 is 29.0 Å². The maximum absolute atomic E-state index is 12.5. The van der Waals surface area contributed by atoms with Crippen molar-refractivity contribution in [2.45, 2.75) is 19.9 Å². The number of ether oxygens (including phenoxy) is 2. The molecule has 1 heterocycles. The number of carbonyl (C=O) groups is 3. The maximum Gasteiger partial charge on any atom is 0.329 e. The van der Waals surface area contributed by atoms with E-state index in [1.54, 1.807) is 6.92 Å². The lowest BCUT2D eigenvalue weighted by Crippen LogP contribution is -2.42. The molecule has 0 saturated carbocycles. The fourth-order valence-electron chi connectivity index (χ4n) is 2.18. The lowest BCUT2D eigenvalue weighted by molar-refractivity contribution is -0.150. The van der Waals surface area contributed by atoms with Gasteiger partial charge in [0.05, 0.1) is 18.6 Å². The molecule has 1 aliphatic rings. The van der Waals surface area contributed by atoms with Crippen LogP contribution in [0.4, 0.5) is 4.79 Å². The summed E-state index contributed by atoms with van der Waals surface area (Å²) in [4.78, 5) is 37.3. The summed E-state index contributed by atoms with van der Waals surface area (Å²) in [6.07, 6.45) is 1.33. The first-order valence-corrected chi connectivity index (χ1v) is 8.49. The van der Waals surface area contributed by atoms with Gasteiger partial charge >= 0.3 is 5.97 Å². The zero-order valence-electron chi connectivity index (χ0n) is 13.7. The van der Waals surface area contributed by atoms with E-state index in [9.17, 15) is 19.5 Å². The second-order valence-corrected chi connectivity index (χ2v) is 6.46. The van der Waals surface area contributed by atoms with E-state index >= 15 is 0 Å². The number of carbonyl (C=O) groups excluding carboxylic acids is 3. The van der Waals surface area contributed by atoms with Crippen LogP contribution in [-0.2, 0) is 14.3 Å². The molecule has 0 unspecified atom stereocenters. The Kier molecular flexibility index (Phi) is 5.97. The van der Waals surface area contributed by atoms with E-state index < -0.39 is 23.2 Å². The molecule has 7 nitrogen and oxygen atoms in total. The molecule has 1 atom stereocenters. The summed E-state index contributed by atoms with van der Waals surface area (Å²) in [5.74, 6) is -1.39. The van der Waals surface area contributed by atoms with Gasteiger partial charge in [0.2, 0.25) is 0 Å². The van der Waals surface area contributed by atoms with Crippen molar-refractivity contribution in [3.05, 3.63) is 27.6 Å². The predicted molar refractivity (Wildman–Crippen MR) is 93.6 cm³/mol. The van der Waals surface area contributed by atoms with Crippen molar-refractivity contribution in [3.8, 4) is 11.5 Å². The Morgan fingerprint density at radius 2 is 2.12 bits per heavy atom. The number of hydrogen-bond donors (Lipinski definition) is 1. The topological polar surface area (TPSA) is 93.1 Å². The van der Waals surface area contributed by atoms with Crippen LogP contribution in [-0.4, -0.2) is 46.9 Å². The van der Waals surface area contributed by atoms with E-state index in [1.807, 2.05) is 0 Å². The Morgan fingerprint density at radius 1 is 1.44 bits per heavy atom. The molecule has 0 radical (unpaired) electrons. The normalized spacial score (nSPS) is 17.1. The smallest absolute Gasteiger partial charge is 0.329 e. The minimum Gasteiger partial charge on any atom is -0.504 e. The second-order valence-electron chi connectivity index (χ2n) is 5.03. The summed E-state index contributed by atoms with van der Waals surface area (Å²) >= 11 is 6.62. The van der Waals surface area contributed by atoms with Gasteiger partial charge in [-0.3, -0.25) is 14.5 Å². The molecule has 1 saturated heterocycles. The highest BCUT2D eigenvalue weighted by molar-refractivity contribution is 8.18. The third kappa shape index (κ3) is 3.91. The summed E-state index contributed by atoms with van der Waals surface area (Å²) in [5, 5.41) is 9.84. The SMILES string of the molecule is CCOC(=O)[C@@H](C)N1C(=O)S/C(=C/c2cc(Cl)cc(OC)c2O)C1=O.